The van der Waals surface area contributed by atoms with Crippen LogP contribution in [0.1, 0.15) is 45.1 Å². The van der Waals surface area contributed by atoms with E-state index in [2.05, 4.69) is 36.7 Å². The Labute approximate surface area is 139 Å². The van der Waals surface area contributed by atoms with Crippen molar-refractivity contribution in [3.63, 3.8) is 0 Å². The number of nitrogens with zero attached hydrogens (tertiary/aromatic N) is 2. The first-order chi connectivity index (χ1) is 11.2. The van der Waals surface area contributed by atoms with Gasteiger partial charge in [-0.05, 0) is 44.7 Å². The second kappa shape index (κ2) is 7.19. The van der Waals surface area contributed by atoms with Gasteiger partial charge in [-0.2, -0.15) is 0 Å². The van der Waals surface area contributed by atoms with Gasteiger partial charge in [0, 0.05) is 24.2 Å². The molecule has 1 aromatic rings. The van der Waals surface area contributed by atoms with Crippen LogP contribution in [0.25, 0.3) is 0 Å². The number of piperidine rings is 1. The van der Waals surface area contributed by atoms with Gasteiger partial charge in [0.25, 0.3) is 0 Å². The third-order valence-corrected chi connectivity index (χ3v) is 5.19. The van der Waals surface area contributed by atoms with Crippen molar-refractivity contribution in [3.05, 3.63) is 29.8 Å². The minimum atomic E-state index is 0.192. The molecule has 0 saturated carbocycles. The van der Waals surface area contributed by atoms with Crippen LogP contribution < -0.4 is 4.90 Å². The van der Waals surface area contributed by atoms with Gasteiger partial charge in [-0.15, -0.1) is 0 Å². The number of para-hydroxylation sites is 1. The maximum Gasteiger partial charge on any atom is 0.228 e. The highest BCUT2D eigenvalue weighted by Crippen LogP contribution is 2.27. The Morgan fingerprint density at radius 1 is 1.04 bits per heavy atom. The van der Waals surface area contributed by atoms with Gasteiger partial charge in [0.2, 0.25) is 5.91 Å². The molecule has 1 saturated heterocycles. The molecule has 2 aliphatic rings. The van der Waals surface area contributed by atoms with E-state index in [1.165, 1.54) is 24.8 Å². The Bertz CT molecular complexity index is 618. The summed E-state index contributed by atoms with van der Waals surface area (Å²) in [5, 5.41) is 0. The largest absolute Gasteiger partial charge is 0.301 e. The van der Waals surface area contributed by atoms with Crippen LogP contribution in [0.3, 0.4) is 0 Å². The van der Waals surface area contributed by atoms with Crippen LogP contribution in [0.5, 0.6) is 0 Å². The van der Waals surface area contributed by atoms with Crippen LogP contribution in [-0.4, -0.2) is 36.0 Å². The summed E-state index contributed by atoms with van der Waals surface area (Å²) in [6.45, 7) is 5.90. The van der Waals surface area contributed by atoms with E-state index in [4.69, 9.17) is 0 Å². The fourth-order valence-electron chi connectivity index (χ4n) is 3.74. The Hall–Kier alpha value is -1.79. The quantitative estimate of drug-likeness (QED) is 0.783. The number of carbonyl (C=O) groups excluding carboxylic acids is 1. The molecule has 0 N–H and O–H groups in total. The number of carbonyl (C=O) groups is 1. The number of amides is 1. The number of benzene rings is 1. The first-order valence-corrected chi connectivity index (χ1v) is 8.76. The minimum absolute atomic E-state index is 0.192. The van der Waals surface area contributed by atoms with E-state index in [-0.39, 0.29) is 5.91 Å². The van der Waals surface area contributed by atoms with Gasteiger partial charge in [-0.25, -0.2) is 0 Å². The van der Waals surface area contributed by atoms with Crippen LogP contribution in [0, 0.1) is 11.8 Å². The van der Waals surface area contributed by atoms with Crippen molar-refractivity contribution in [3.8, 4) is 11.8 Å². The van der Waals surface area contributed by atoms with Crippen LogP contribution in [0.2, 0.25) is 0 Å². The molecule has 23 heavy (non-hydrogen) atoms. The number of rotatable bonds is 2. The monoisotopic (exact) mass is 310 g/mol. The molecule has 0 bridgehead atoms. The van der Waals surface area contributed by atoms with E-state index in [9.17, 15) is 4.79 Å². The summed E-state index contributed by atoms with van der Waals surface area (Å²) >= 11 is 0. The van der Waals surface area contributed by atoms with Crippen molar-refractivity contribution < 1.29 is 4.79 Å². The number of hydrogen-bond donors (Lipinski definition) is 0. The number of fused-ring (bicyclic) bond motifs is 1. The number of likely N-dealkylation sites (tertiary alicyclic amines) is 1. The Morgan fingerprint density at radius 2 is 1.74 bits per heavy atom. The molecule has 0 unspecified atom stereocenters. The summed E-state index contributed by atoms with van der Waals surface area (Å²) in [4.78, 5) is 16.5. The third kappa shape index (κ3) is 3.59. The average Bonchev–Trinajstić information content (AvgIpc) is 2.55. The maximum atomic E-state index is 12.2. The van der Waals surface area contributed by atoms with Gasteiger partial charge in [-0.1, -0.05) is 36.5 Å². The fourth-order valence-corrected chi connectivity index (χ4v) is 3.74. The molecule has 0 radical (unpaired) electrons. The van der Waals surface area contributed by atoms with E-state index in [1.54, 1.807) is 0 Å². The van der Waals surface area contributed by atoms with Crippen molar-refractivity contribution in [2.75, 3.05) is 18.0 Å². The SMILES string of the molecule is C[C@@H]1CCC[C@H](C)N1CC#CCN1C(=O)CCc2ccccc21. The number of anilines is 1. The maximum absolute atomic E-state index is 12.2. The van der Waals surface area contributed by atoms with Gasteiger partial charge < -0.3 is 4.90 Å². The molecule has 1 aromatic carbocycles. The van der Waals surface area contributed by atoms with Gasteiger partial charge in [0.1, 0.15) is 0 Å². The normalized spacial score (nSPS) is 24.8. The molecule has 122 valence electrons. The van der Waals surface area contributed by atoms with Gasteiger partial charge in [0.15, 0.2) is 0 Å². The summed E-state index contributed by atoms with van der Waals surface area (Å²) in [6.07, 6.45) is 5.31. The molecule has 2 heterocycles. The summed E-state index contributed by atoms with van der Waals surface area (Å²) in [5.74, 6) is 6.72. The second-order valence-electron chi connectivity index (χ2n) is 6.76. The molecule has 2 atom stereocenters. The zero-order chi connectivity index (χ0) is 16.2. The van der Waals surface area contributed by atoms with E-state index in [0.717, 1.165) is 18.7 Å². The van der Waals surface area contributed by atoms with Crippen LogP contribution in [0.15, 0.2) is 24.3 Å². The van der Waals surface area contributed by atoms with Crippen molar-refractivity contribution in [2.24, 2.45) is 0 Å². The predicted octanol–water partition coefficient (Wildman–Crippen LogP) is 3.23. The van der Waals surface area contributed by atoms with Gasteiger partial charge >= 0.3 is 0 Å². The highest BCUT2D eigenvalue weighted by molar-refractivity contribution is 5.96. The lowest BCUT2D eigenvalue weighted by molar-refractivity contribution is -0.118. The fraction of sp³-hybridized carbons (Fsp3) is 0.550. The lowest BCUT2D eigenvalue weighted by atomic mass is 9.98. The average molecular weight is 310 g/mol. The van der Waals surface area contributed by atoms with Crippen LogP contribution in [-0.2, 0) is 11.2 Å². The molecule has 0 spiro atoms. The van der Waals surface area contributed by atoms with Crippen molar-refractivity contribution >= 4 is 11.6 Å². The Morgan fingerprint density at radius 3 is 2.52 bits per heavy atom. The molecular weight excluding hydrogens is 284 g/mol. The first-order valence-electron chi connectivity index (χ1n) is 8.76. The van der Waals surface area contributed by atoms with Crippen molar-refractivity contribution in [1.82, 2.24) is 4.90 Å². The molecule has 3 rings (SSSR count). The smallest absolute Gasteiger partial charge is 0.228 e. The number of aryl methyl sites for hydroxylation is 1. The predicted molar refractivity (Wildman–Crippen MR) is 94.4 cm³/mol. The topological polar surface area (TPSA) is 23.6 Å². The number of hydrogen-bond acceptors (Lipinski definition) is 2. The summed E-state index contributed by atoms with van der Waals surface area (Å²) < 4.78 is 0. The van der Waals surface area contributed by atoms with Gasteiger partial charge in [-0.3, -0.25) is 9.69 Å². The van der Waals surface area contributed by atoms with Crippen LogP contribution >= 0.6 is 0 Å². The summed E-state index contributed by atoms with van der Waals surface area (Å²) in [6, 6.07) is 9.41. The summed E-state index contributed by atoms with van der Waals surface area (Å²) in [7, 11) is 0. The zero-order valence-electron chi connectivity index (χ0n) is 14.2. The first kappa shape index (κ1) is 16.1. The second-order valence-corrected chi connectivity index (χ2v) is 6.76. The van der Waals surface area contributed by atoms with E-state index < -0.39 is 0 Å². The van der Waals surface area contributed by atoms with Crippen LogP contribution in [0.4, 0.5) is 5.69 Å². The molecule has 2 aliphatic heterocycles. The molecule has 1 amide bonds. The lowest BCUT2D eigenvalue weighted by Gasteiger charge is -2.37. The highest BCUT2D eigenvalue weighted by Gasteiger charge is 2.24. The molecule has 0 aromatic heterocycles. The molecule has 3 nitrogen and oxygen atoms in total. The molecule has 1 fully saturated rings. The summed E-state index contributed by atoms with van der Waals surface area (Å²) in [5.41, 5.74) is 2.30. The van der Waals surface area contributed by atoms with Crippen molar-refractivity contribution in [2.45, 2.75) is 58.0 Å². The highest BCUT2D eigenvalue weighted by atomic mass is 16.2. The van der Waals surface area contributed by atoms with E-state index >= 15 is 0 Å². The molecule has 0 aliphatic carbocycles. The Kier molecular flexibility index (Phi) is 5.03. The van der Waals surface area contributed by atoms with Gasteiger partial charge in [0.05, 0.1) is 13.1 Å². The van der Waals surface area contributed by atoms with E-state index in [0.29, 0.717) is 25.0 Å². The van der Waals surface area contributed by atoms with Crippen molar-refractivity contribution in [1.29, 1.82) is 0 Å². The third-order valence-electron chi connectivity index (χ3n) is 5.19. The zero-order valence-corrected chi connectivity index (χ0v) is 14.2. The minimum Gasteiger partial charge on any atom is -0.301 e. The Balaban J connectivity index is 1.64. The van der Waals surface area contributed by atoms with E-state index in [1.807, 2.05) is 23.1 Å². The molecule has 3 heteroatoms. The lowest BCUT2D eigenvalue weighted by Crippen LogP contribution is -2.43. The molecular formula is C20H26N2O. The standard InChI is InChI=1S/C20H26N2O/c1-16-8-7-9-17(2)21(16)14-5-6-15-22-19-11-4-3-10-18(19)12-13-20(22)23/h3-4,10-11,16-17H,7-9,12-15H2,1-2H3/t16-,17+.